The highest BCUT2D eigenvalue weighted by Crippen LogP contribution is 2.36. The summed E-state index contributed by atoms with van der Waals surface area (Å²) in [7, 11) is 0. The maximum Gasteiger partial charge on any atom is 0.352 e. The summed E-state index contributed by atoms with van der Waals surface area (Å²) in [4.78, 5) is 37.7. The lowest BCUT2D eigenvalue weighted by Gasteiger charge is -2.20. The van der Waals surface area contributed by atoms with Crippen LogP contribution in [0.4, 0.5) is 0 Å². The monoisotopic (exact) mass is 529 g/mol. The molecule has 0 amide bonds. The van der Waals surface area contributed by atoms with Crippen molar-refractivity contribution in [2.24, 2.45) is 0 Å². The normalized spacial score (nSPS) is 11.7. The van der Waals surface area contributed by atoms with Gasteiger partial charge in [0, 0.05) is 23.9 Å². The van der Waals surface area contributed by atoms with E-state index in [0.29, 0.717) is 28.0 Å². The van der Waals surface area contributed by atoms with Gasteiger partial charge in [0.05, 0.1) is 11.1 Å². The van der Waals surface area contributed by atoms with Gasteiger partial charge in [0.1, 0.15) is 5.69 Å². The Morgan fingerprint density at radius 1 is 0.897 bits per heavy atom. The molecule has 8 nitrogen and oxygen atoms in total. The minimum absolute atomic E-state index is 0.0185. The molecule has 3 aromatic carbocycles. The van der Waals surface area contributed by atoms with E-state index in [4.69, 9.17) is 9.47 Å². The molecule has 0 aliphatic carbocycles. The van der Waals surface area contributed by atoms with Crippen LogP contribution in [0.5, 0.6) is 11.5 Å². The molecule has 0 spiro atoms. The van der Waals surface area contributed by atoms with Gasteiger partial charge >= 0.3 is 11.9 Å². The number of hydrogen-bond acceptors (Lipinski definition) is 5. The first kappa shape index (κ1) is 27.4. The molecule has 0 unspecified atom stereocenters. The third kappa shape index (κ3) is 5.50. The molecular weight excluding hydrogens is 498 g/mol. The van der Waals surface area contributed by atoms with E-state index < -0.39 is 11.9 Å². The minimum atomic E-state index is -1.23. The molecule has 39 heavy (non-hydrogen) atoms. The number of aromatic nitrogens is 1. The van der Waals surface area contributed by atoms with E-state index in [1.165, 1.54) is 12.1 Å². The number of pyridine rings is 1. The fourth-order valence-corrected chi connectivity index (χ4v) is 4.89. The van der Waals surface area contributed by atoms with Crippen LogP contribution in [-0.4, -0.2) is 33.5 Å². The van der Waals surface area contributed by atoms with Crippen LogP contribution >= 0.6 is 0 Å². The van der Waals surface area contributed by atoms with Crippen molar-refractivity contribution in [1.29, 1.82) is 0 Å². The fraction of sp³-hybridized carbons (Fsp3) is 0.258. The highest BCUT2D eigenvalue weighted by Gasteiger charge is 2.24. The first-order valence-corrected chi connectivity index (χ1v) is 13.0. The van der Waals surface area contributed by atoms with E-state index in [9.17, 15) is 24.6 Å². The van der Waals surface area contributed by atoms with Crippen molar-refractivity contribution in [3.8, 4) is 11.5 Å². The van der Waals surface area contributed by atoms with Gasteiger partial charge < -0.3 is 24.3 Å². The van der Waals surface area contributed by atoms with Crippen molar-refractivity contribution in [2.45, 2.75) is 46.6 Å². The summed E-state index contributed by atoms with van der Waals surface area (Å²) >= 11 is 0. The van der Waals surface area contributed by atoms with Crippen LogP contribution in [0, 0.1) is 0 Å². The second-order valence-electron chi connectivity index (χ2n) is 8.97. The molecule has 1 aromatic heterocycles. The van der Waals surface area contributed by atoms with Crippen molar-refractivity contribution in [3.05, 3.63) is 104 Å². The third-order valence-corrected chi connectivity index (χ3v) is 6.57. The molecule has 0 atom stereocenters. The summed E-state index contributed by atoms with van der Waals surface area (Å²) in [6.07, 6.45) is 1.63. The first-order chi connectivity index (χ1) is 18.9. The lowest BCUT2D eigenvalue weighted by molar-refractivity contribution is 0.0677. The average Bonchev–Trinajstić information content (AvgIpc) is 3.40. The molecule has 5 rings (SSSR count). The number of para-hydroxylation sites is 1. The van der Waals surface area contributed by atoms with Gasteiger partial charge in [-0.3, -0.25) is 4.79 Å². The highest BCUT2D eigenvalue weighted by atomic mass is 16.7. The molecule has 0 fully saturated rings. The third-order valence-electron chi connectivity index (χ3n) is 6.57. The van der Waals surface area contributed by atoms with Crippen LogP contribution < -0.4 is 14.9 Å². The van der Waals surface area contributed by atoms with Crippen LogP contribution in [0.1, 0.15) is 70.3 Å². The van der Waals surface area contributed by atoms with E-state index >= 15 is 0 Å². The predicted octanol–water partition coefficient (Wildman–Crippen LogP) is 5.74. The van der Waals surface area contributed by atoms with Crippen molar-refractivity contribution in [2.75, 3.05) is 6.79 Å². The number of nitrogens with zero attached hydrogens (tertiary/aromatic N) is 1. The topological polar surface area (TPSA) is 115 Å². The van der Waals surface area contributed by atoms with E-state index in [-0.39, 0.29) is 42.0 Å². The number of carboxylic acids is 2. The Hall–Kier alpha value is -4.59. The maximum atomic E-state index is 13.6. The number of hydrogen-bond donors (Lipinski definition) is 2. The number of carbonyl (C=O) groups is 2. The fourth-order valence-electron chi connectivity index (χ4n) is 4.89. The molecule has 202 valence electrons. The summed E-state index contributed by atoms with van der Waals surface area (Å²) in [6, 6.07) is 16.9. The molecule has 4 aromatic rings. The second-order valence-corrected chi connectivity index (χ2v) is 8.97. The van der Waals surface area contributed by atoms with Gasteiger partial charge in [0.25, 0.3) is 0 Å². The molecule has 2 N–H and O–H groups in total. The van der Waals surface area contributed by atoms with Crippen LogP contribution in [0.25, 0.3) is 10.9 Å². The van der Waals surface area contributed by atoms with Crippen molar-refractivity contribution >= 4 is 22.8 Å². The molecule has 1 aliphatic heterocycles. The summed E-state index contributed by atoms with van der Waals surface area (Å²) in [5.41, 5.74) is 2.60. The summed E-state index contributed by atoms with van der Waals surface area (Å²) in [6.45, 7) is 6.40. The van der Waals surface area contributed by atoms with Crippen molar-refractivity contribution in [3.63, 3.8) is 0 Å². The van der Waals surface area contributed by atoms with Crippen LogP contribution in [0.15, 0.2) is 65.5 Å². The van der Waals surface area contributed by atoms with Gasteiger partial charge in [-0.15, -0.1) is 0 Å². The van der Waals surface area contributed by atoms with Gasteiger partial charge in [-0.2, -0.15) is 0 Å². The first-order valence-electron chi connectivity index (χ1n) is 13.0. The Kier molecular flexibility index (Phi) is 8.34. The molecule has 2 heterocycles. The van der Waals surface area contributed by atoms with Crippen molar-refractivity contribution < 1.29 is 29.3 Å². The van der Waals surface area contributed by atoms with Gasteiger partial charge in [-0.25, -0.2) is 9.59 Å². The number of fused-ring (bicyclic) bond motifs is 2. The SMILES string of the molecule is CC.CCCc1cc2c(cc1Cn1c(C(=O)O)c(Cc3cccc(C(=O)O)c3)c(=O)c3ccccc31)OCO2. The molecule has 0 radical (unpaired) electrons. The van der Waals surface area contributed by atoms with E-state index in [0.717, 1.165) is 24.0 Å². The zero-order valence-electron chi connectivity index (χ0n) is 22.2. The number of aryl methyl sites for hydroxylation is 1. The number of ether oxygens (including phenoxy) is 2. The Morgan fingerprint density at radius 2 is 1.59 bits per heavy atom. The Bertz CT molecular complexity index is 1600. The van der Waals surface area contributed by atoms with Gasteiger partial charge in [0.15, 0.2) is 16.9 Å². The van der Waals surface area contributed by atoms with E-state index in [1.807, 2.05) is 26.0 Å². The Morgan fingerprint density at radius 3 is 2.26 bits per heavy atom. The number of rotatable bonds is 8. The molecule has 0 saturated carbocycles. The standard InChI is InChI=1S/C29H25NO7.C2H6/c1-2-6-18-13-24-25(37-16-36-24)14-20(18)15-30-23-10-4-3-9-21(23)27(31)22(26(30)29(34)35)12-17-7-5-8-19(11-17)28(32)33;1-2/h3-5,7-11,13-14H,2,6,12,15-16H2,1H3,(H,32,33)(H,34,35);1-2H3. The predicted molar refractivity (Wildman–Crippen MR) is 148 cm³/mol. The maximum absolute atomic E-state index is 13.6. The molecule has 0 saturated heterocycles. The average molecular weight is 530 g/mol. The number of carboxylic acid groups (broad SMARTS) is 2. The minimum Gasteiger partial charge on any atom is -0.478 e. The van der Waals surface area contributed by atoms with Gasteiger partial charge in [-0.1, -0.05) is 51.5 Å². The zero-order chi connectivity index (χ0) is 28.1. The van der Waals surface area contributed by atoms with Crippen molar-refractivity contribution in [1.82, 2.24) is 4.57 Å². The molecular formula is C31H31NO7. The second kappa shape index (κ2) is 11.9. The smallest absolute Gasteiger partial charge is 0.352 e. The molecule has 0 bridgehead atoms. The Labute approximate surface area is 226 Å². The van der Waals surface area contributed by atoms with Gasteiger partial charge in [0.2, 0.25) is 6.79 Å². The largest absolute Gasteiger partial charge is 0.478 e. The van der Waals surface area contributed by atoms with E-state index in [2.05, 4.69) is 6.92 Å². The lowest BCUT2D eigenvalue weighted by atomic mass is 9.97. The summed E-state index contributed by atoms with van der Waals surface area (Å²) in [5, 5.41) is 20.1. The van der Waals surface area contributed by atoms with E-state index in [1.54, 1.807) is 41.0 Å². The van der Waals surface area contributed by atoms with Crippen LogP contribution in [0.3, 0.4) is 0 Å². The van der Waals surface area contributed by atoms with Crippen LogP contribution in [-0.2, 0) is 19.4 Å². The molecule has 8 heteroatoms. The Balaban J connectivity index is 0.00000172. The zero-order valence-corrected chi connectivity index (χ0v) is 22.2. The molecule has 1 aliphatic rings. The van der Waals surface area contributed by atoms with Gasteiger partial charge in [-0.05, 0) is 59.5 Å². The number of aromatic carboxylic acids is 2. The summed E-state index contributed by atoms with van der Waals surface area (Å²) in [5.74, 6) is -1.07. The number of benzene rings is 3. The highest BCUT2D eigenvalue weighted by molar-refractivity contribution is 5.93. The quantitative estimate of drug-likeness (QED) is 0.299. The van der Waals surface area contributed by atoms with Crippen LogP contribution in [0.2, 0.25) is 0 Å². The summed E-state index contributed by atoms with van der Waals surface area (Å²) < 4.78 is 12.8. The lowest BCUT2D eigenvalue weighted by Crippen LogP contribution is -2.25.